The number of rotatable bonds is 4. The molecule has 134 valence electrons. The summed E-state index contributed by atoms with van der Waals surface area (Å²) in [5.74, 6) is -0.182. The van der Waals surface area contributed by atoms with E-state index >= 15 is 0 Å². The average Bonchev–Trinajstić information content (AvgIpc) is 3.40. The number of benzene rings is 2. The van der Waals surface area contributed by atoms with Crippen molar-refractivity contribution in [1.82, 2.24) is 4.90 Å². The van der Waals surface area contributed by atoms with E-state index in [-0.39, 0.29) is 29.6 Å². The molecule has 2 amide bonds. The molecule has 5 heteroatoms. The molecule has 1 unspecified atom stereocenters. The van der Waals surface area contributed by atoms with Gasteiger partial charge < -0.3 is 10.2 Å². The molecular formula is C21H21FN2O2. The molecule has 2 fully saturated rings. The Morgan fingerprint density at radius 1 is 1.04 bits per heavy atom. The van der Waals surface area contributed by atoms with Crippen LogP contribution in [0.25, 0.3) is 0 Å². The van der Waals surface area contributed by atoms with Gasteiger partial charge in [-0.25, -0.2) is 4.39 Å². The van der Waals surface area contributed by atoms with Crippen LogP contribution in [0.5, 0.6) is 0 Å². The maximum atomic E-state index is 13.2. The van der Waals surface area contributed by atoms with E-state index in [4.69, 9.17) is 0 Å². The number of amides is 2. The van der Waals surface area contributed by atoms with Crippen LogP contribution in [0.1, 0.15) is 47.6 Å². The van der Waals surface area contributed by atoms with Crippen LogP contribution in [0.3, 0.4) is 0 Å². The van der Waals surface area contributed by atoms with E-state index in [2.05, 4.69) is 5.32 Å². The summed E-state index contributed by atoms with van der Waals surface area (Å²) in [4.78, 5) is 26.8. The Balaban J connectivity index is 1.52. The average molecular weight is 352 g/mol. The van der Waals surface area contributed by atoms with Crippen molar-refractivity contribution in [3.05, 3.63) is 65.5 Å². The van der Waals surface area contributed by atoms with Crippen molar-refractivity contribution in [2.75, 3.05) is 11.9 Å². The molecule has 1 N–H and O–H groups in total. The van der Waals surface area contributed by atoms with E-state index in [0.717, 1.165) is 31.2 Å². The van der Waals surface area contributed by atoms with Crippen LogP contribution < -0.4 is 5.32 Å². The molecule has 2 aliphatic rings. The number of halogens is 1. The smallest absolute Gasteiger partial charge is 0.254 e. The summed E-state index contributed by atoms with van der Waals surface area (Å²) in [6, 6.07) is 13.4. The molecule has 0 spiro atoms. The summed E-state index contributed by atoms with van der Waals surface area (Å²) < 4.78 is 13.2. The predicted octanol–water partition coefficient (Wildman–Crippen LogP) is 4.15. The molecule has 1 atom stereocenters. The standard InChI is InChI=1S/C21H21FN2O2/c22-17-10-8-14(9-11-17)19-5-2-12-24(19)21(26)16-3-1-4-18(13-16)23-20(25)15-6-7-15/h1,3-4,8-11,13,15,19H,2,5-7,12H2,(H,23,25). The molecule has 1 heterocycles. The minimum atomic E-state index is -0.274. The van der Waals surface area contributed by atoms with Gasteiger partial charge in [0.1, 0.15) is 5.82 Å². The highest BCUT2D eigenvalue weighted by atomic mass is 19.1. The van der Waals surface area contributed by atoms with Crippen LogP contribution in [-0.4, -0.2) is 23.3 Å². The lowest BCUT2D eigenvalue weighted by Crippen LogP contribution is -2.30. The number of hydrogen-bond donors (Lipinski definition) is 1. The Labute approximate surface area is 152 Å². The SMILES string of the molecule is O=C(Nc1cccc(C(=O)N2CCCC2c2ccc(F)cc2)c1)C1CC1. The summed E-state index contributed by atoms with van der Waals surface area (Å²) in [7, 11) is 0. The van der Waals surface area contributed by atoms with Crippen LogP contribution in [-0.2, 0) is 4.79 Å². The molecule has 2 aromatic rings. The lowest BCUT2D eigenvalue weighted by atomic mass is 10.0. The lowest BCUT2D eigenvalue weighted by Gasteiger charge is -2.25. The van der Waals surface area contributed by atoms with Crippen molar-refractivity contribution >= 4 is 17.5 Å². The molecule has 26 heavy (non-hydrogen) atoms. The molecule has 1 aliphatic carbocycles. The number of nitrogens with zero attached hydrogens (tertiary/aromatic N) is 1. The second-order valence-corrected chi connectivity index (χ2v) is 7.05. The molecule has 4 rings (SSSR count). The third kappa shape index (κ3) is 3.47. The molecule has 2 aromatic carbocycles. The second-order valence-electron chi connectivity index (χ2n) is 7.05. The first kappa shape index (κ1) is 16.8. The van der Waals surface area contributed by atoms with Crippen LogP contribution in [0.15, 0.2) is 48.5 Å². The Kier molecular flexibility index (Phi) is 4.45. The molecule has 1 saturated carbocycles. The molecule has 0 bridgehead atoms. The summed E-state index contributed by atoms with van der Waals surface area (Å²) in [6.07, 6.45) is 3.68. The summed E-state index contributed by atoms with van der Waals surface area (Å²) in [5.41, 5.74) is 2.17. The number of carbonyl (C=O) groups excluding carboxylic acids is 2. The van der Waals surface area contributed by atoms with E-state index in [0.29, 0.717) is 17.8 Å². The van der Waals surface area contributed by atoms with Gasteiger partial charge in [0.2, 0.25) is 5.91 Å². The third-order valence-electron chi connectivity index (χ3n) is 5.09. The van der Waals surface area contributed by atoms with Crippen molar-refractivity contribution in [3.8, 4) is 0 Å². The zero-order valence-electron chi connectivity index (χ0n) is 14.5. The number of carbonyl (C=O) groups is 2. The first-order valence-corrected chi connectivity index (χ1v) is 9.09. The van der Waals surface area contributed by atoms with Gasteiger partial charge in [-0.3, -0.25) is 9.59 Å². The van der Waals surface area contributed by atoms with E-state index in [9.17, 15) is 14.0 Å². The monoisotopic (exact) mass is 352 g/mol. The van der Waals surface area contributed by atoms with Crippen molar-refractivity contribution in [1.29, 1.82) is 0 Å². The van der Waals surface area contributed by atoms with Crippen LogP contribution in [0, 0.1) is 11.7 Å². The summed E-state index contributed by atoms with van der Waals surface area (Å²) in [6.45, 7) is 0.680. The summed E-state index contributed by atoms with van der Waals surface area (Å²) in [5, 5.41) is 2.89. The minimum Gasteiger partial charge on any atom is -0.332 e. The van der Waals surface area contributed by atoms with Crippen LogP contribution >= 0.6 is 0 Å². The van der Waals surface area contributed by atoms with Gasteiger partial charge >= 0.3 is 0 Å². The van der Waals surface area contributed by atoms with Crippen LogP contribution in [0.2, 0.25) is 0 Å². The van der Waals surface area contributed by atoms with E-state index in [1.54, 1.807) is 36.4 Å². The van der Waals surface area contributed by atoms with Gasteiger partial charge in [0, 0.05) is 23.7 Å². The largest absolute Gasteiger partial charge is 0.332 e. The lowest BCUT2D eigenvalue weighted by molar-refractivity contribution is -0.117. The Morgan fingerprint density at radius 2 is 1.81 bits per heavy atom. The van der Waals surface area contributed by atoms with Gasteiger partial charge in [-0.1, -0.05) is 18.2 Å². The molecule has 1 aliphatic heterocycles. The van der Waals surface area contributed by atoms with E-state index < -0.39 is 0 Å². The fourth-order valence-corrected chi connectivity index (χ4v) is 3.53. The number of hydrogen-bond acceptors (Lipinski definition) is 2. The Morgan fingerprint density at radius 3 is 2.54 bits per heavy atom. The highest BCUT2D eigenvalue weighted by Gasteiger charge is 2.31. The maximum absolute atomic E-state index is 13.2. The molecule has 0 radical (unpaired) electrons. The Bertz CT molecular complexity index is 830. The van der Waals surface area contributed by atoms with Crippen LogP contribution in [0.4, 0.5) is 10.1 Å². The number of nitrogens with one attached hydrogen (secondary N) is 1. The molecule has 1 saturated heterocycles. The highest BCUT2D eigenvalue weighted by Crippen LogP contribution is 2.34. The first-order chi connectivity index (χ1) is 12.6. The van der Waals surface area contributed by atoms with Gasteiger partial charge in [0.05, 0.1) is 6.04 Å². The van der Waals surface area contributed by atoms with E-state index in [1.807, 2.05) is 4.90 Å². The van der Waals surface area contributed by atoms with Gasteiger partial charge in [0.25, 0.3) is 5.91 Å². The van der Waals surface area contributed by atoms with Gasteiger partial charge in [-0.05, 0) is 61.6 Å². The molecule has 0 aromatic heterocycles. The quantitative estimate of drug-likeness (QED) is 0.899. The van der Waals surface area contributed by atoms with Gasteiger partial charge in [-0.15, -0.1) is 0 Å². The number of anilines is 1. The van der Waals surface area contributed by atoms with Crippen molar-refractivity contribution in [2.45, 2.75) is 31.7 Å². The summed E-state index contributed by atoms with van der Waals surface area (Å²) >= 11 is 0. The third-order valence-corrected chi connectivity index (χ3v) is 5.09. The first-order valence-electron chi connectivity index (χ1n) is 9.09. The zero-order chi connectivity index (χ0) is 18.1. The molecule has 4 nitrogen and oxygen atoms in total. The van der Waals surface area contributed by atoms with Crippen molar-refractivity contribution < 1.29 is 14.0 Å². The van der Waals surface area contributed by atoms with Crippen molar-refractivity contribution in [3.63, 3.8) is 0 Å². The predicted molar refractivity (Wildman–Crippen MR) is 97.2 cm³/mol. The Hall–Kier alpha value is -2.69. The zero-order valence-corrected chi connectivity index (χ0v) is 14.5. The minimum absolute atomic E-state index is 0.0277. The topological polar surface area (TPSA) is 49.4 Å². The van der Waals surface area contributed by atoms with Gasteiger partial charge in [-0.2, -0.15) is 0 Å². The second kappa shape index (κ2) is 6.90. The number of likely N-dealkylation sites (tertiary alicyclic amines) is 1. The molecular weight excluding hydrogens is 331 g/mol. The van der Waals surface area contributed by atoms with Gasteiger partial charge in [0.15, 0.2) is 0 Å². The normalized spacial score (nSPS) is 19.4. The fourth-order valence-electron chi connectivity index (χ4n) is 3.53. The fraction of sp³-hybridized carbons (Fsp3) is 0.333. The van der Waals surface area contributed by atoms with Crippen molar-refractivity contribution in [2.24, 2.45) is 5.92 Å². The maximum Gasteiger partial charge on any atom is 0.254 e. The highest BCUT2D eigenvalue weighted by molar-refractivity contribution is 5.98. The van der Waals surface area contributed by atoms with E-state index in [1.165, 1.54) is 12.1 Å².